The predicted molar refractivity (Wildman–Crippen MR) is 61.4 cm³/mol. The fourth-order valence-electron chi connectivity index (χ4n) is 1.91. The molecule has 0 unspecified atom stereocenters. The van der Waals surface area contributed by atoms with Crippen LogP contribution in [0.3, 0.4) is 0 Å². The van der Waals surface area contributed by atoms with Gasteiger partial charge in [0.15, 0.2) is 0 Å². The van der Waals surface area contributed by atoms with Crippen LogP contribution < -0.4 is 4.90 Å². The molecule has 6 heteroatoms. The average molecular weight is 232 g/mol. The molecule has 0 amide bonds. The van der Waals surface area contributed by atoms with Crippen LogP contribution >= 0.6 is 0 Å². The highest BCUT2D eigenvalue weighted by Gasteiger charge is 2.20. The molecule has 1 aromatic rings. The molecule has 1 aliphatic rings. The van der Waals surface area contributed by atoms with Crippen LogP contribution in [0.15, 0.2) is 18.3 Å². The third-order valence-corrected chi connectivity index (χ3v) is 2.94. The molecule has 6 nitrogen and oxygen atoms in total. The summed E-state index contributed by atoms with van der Waals surface area (Å²) < 4.78 is 0. The second kappa shape index (κ2) is 4.78. The van der Waals surface area contributed by atoms with E-state index in [2.05, 4.69) is 16.0 Å². The van der Waals surface area contributed by atoms with Gasteiger partial charge in [0.25, 0.3) is 5.69 Å². The third-order valence-electron chi connectivity index (χ3n) is 2.94. The first-order valence-corrected chi connectivity index (χ1v) is 5.45. The maximum atomic E-state index is 10.5. The van der Waals surface area contributed by atoms with Crippen molar-refractivity contribution in [1.29, 1.82) is 5.26 Å². The van der Waals surface area contributed by atoms with Crippen molar-refractivity contribution in [2.75, 3.05) is 18.0 Å². The summed E-state index contributed by atoms with van der Waals surface area (Å²) in [6.45, 7) is 1.56. The first kappa shape index (κ1) is 11.3. The lowest BCUT2D eigenvalue weighted by atomic mass is 9.99. The average Bonchev–Trinajstić information content (AvgIpc) is 2.39. The Morgan fingerprint density at radius 1 is 1.47 bits per heavy atom. The summed E-state index contributed by atoms with van der Waals surface area (Å²) in [5.41, 5.74) is 0.000612. The monoisotopic (exact) mass is 232 g/mol. The standard InChI is InChI=1S/C11H12N4O2/c12-7-9-3-5-14(6-4-9)11-2-1-10(8-13-11)15(16)17/h1-2,8-9H,3-6H2. The summed E-state index contributed by atoms with van der Waals surface area (Å²) in [5, 5.41) is 19.3. The Labute approximate surface area is 98.6 Å². The summed E-state index contributed by atoms with van der Waals surface area (Å²) in [4.78, 5) is 16.2. The molecule has 2 heterocycles. The Balaban J connectivity index is 2.04. The lowest BCUT2D eigenvalue weighted by Gasteiger charge is -2.29. The lowest BCUT2D eigenvalue weighted by molar-refractivity contribution is -0.385. The van der Waals surface area contributed by atoms with E-state index >= 15 is 0 Å². The van der Waals surface area contributed by atoms with Gasteiger partial charge >= 0.3 is 0 Å². The minimum Gasteiger partial charge on any atom is -0.357 e. The van der Waals surface area contributed by atoms with E-state index in [0.717, 1.165) is 31.7 Å². The van der Waals surface area contributed by atoms with E-state index in [1.807, 2.05) is 0 Å². The van der Waals surface area contributed by atoms with E-state index in [0.29, 0.717) is 0 Å². The first-order valence-electron chi connectivity index (χ1n) is 5.45. The van der Waals surface area contributed by atoms with Crippen LogP contribution in [0, 0.1) is 27.4 Å². The van der Waals surface area contributed by atoms with Crippen molar-refractivity contribution in [2.24, 2.45) is 5.92 Å². The maximum absolute atomic E-state index is 10.5. The smallest absolute Gasteiger partial charge is 0.287 e. The molecule has 0 N–H and O–H groups in total. The van der Waals surface area contributed by atoms with Crippen molar-refractivity contribution in [2.45, 2.75) is 12.8 Å². The summed E-state index contributed by atoms with van der Waals surface area (Å²) >= 11 is 0. The third kappa shape index (κ3) is 2.50. The Morgan fingerprint density at radius 2 is 2.18 bits per heavy atom. The molecule has 0 radical (unpaired) electrons. The van der Waals surface area contributed by atoms with Gasteiger partial charge in [0.1, 0.15) is 12.0 Å². The molecule has 17 heavy (non-hydrogen) atoms. The number of nitro groups is 1. The zero-order valence-electron chi connectivity index (χ0n) is 9.24. The van der Waals surface area contributed by atoms with Crippen molar-refractivity contribution in [3.8, 4) is 6.07 Å². The van der Waals surface area contributed by atoms with Gasteiger partial charge in [-0.3, -0.25) is 10.1 Å². The molecule has 0 aliphatic carbocycles. The summed E-state index contributed by atoms with van der Waals surface area (Å²) in [6, 6.07) is 5.38. The minimum absolute atomic E-state index is 0.000612. The Kier molecular flexibility index (Phi) is 3.19. The topological polar surface area (TPSA) is 83.1 Å². The van der Waals surface area contributed by atoms with Crippen LogP contribution in [-0.4, -0.2) is 23.0 Å². The molecular formula is C11H12N4O2. The van der Waals surface area contributed by atoms with Gasteiger partial charge in [0, 0.05) is 25.1 Å². The van der Waals surface area contributed by atoms with Gasteiger partial charge in [0.05, 0.1) is 11.0 Å². The van der Waals surface area contributed by atoms with E-state index in [-0.39, 0.29) is 11.6 Å². The molecule has 1 aromatic heterocycles. The molecule has 0 spiro atoms. The quantitative estimate of drug-likeness (QED) is 0.572. The number of hydrogen-bond donors (Lipinski definition) is 0. The van der Waals surface area contributed by atoms with E-state index in [1.165, 1.54) is 12.3 Å². The number of rotatable bonds is 2. The second-order valence-corrected chi connectivity index (χ2v) is 4.02. The summed E-state index contributed by atoms with van der Waals surface area (Å²) in [7, 11) is 0. The molecule has 1 fully saturated rings. The molecule has 88 valence electrons. The second-order valence-electron chi connectivity index (χ2n) is 4.02. The predicted octanol–water partition coefficient (Wildman–Crippen LogP) is 1.73. The molecule has 0 bridgehead atoms. The highest BCUT2D eigenvalue weighted by Crippen LogP contribution is 2.22. The number of nitriles is 1. The normalized spacial score (nSPS) is 16.5. The van der Waals surface area contributed by atoms with E-state index in [1.54, 1.807) is 6.07 Å². The van der Waals surface area contributed by atoms with Crippen molar-refractivity contribution in [1.82, 2.24) is 4.98 Å². The van der Waals surface area contributed by atoms with Crippen molar-refractivity contribution >= 4 is 11.5 Å². The van der Waals surface area contributed by atoms with Gasteiger partial charge in [-0.2, -0.15) is 5.26 Å². The molecule has 2 rings (SSSR count). The molecular weight excluding hydrogens is 220 g/mol. The van der Waals surface area contributed by atoms with Gasteiger partial charge in [0.2, 0.25) is 0 Å². The highest BCUT2D eigenvalue weighted by molar-refractivity contribution is 5.43. The number of pyridine rings is 1. The molecule has 1 aliphatic heterocycles. The van der Waals surface area contributed by atoms with Crippen LogP contribution in [0.1, 0.15) is 12.8 Å². The lowest BCUT2D eigenvalue weighted by Crippen LogP contribution is -2.33. The highest BCUT2D eigenvalue weighted by atomic mass is 16.6. The van der Waals surface area contributed by atoms with Crippen molar-refractivity contribution < 1.29 is 4.92 Å². The molecule has 1 saturated heterocycles. The zero-order chi connectivity index (χ0) is 12.3. The number of hydrogen-bond acceptors (Lipinski definition) is 5. The van der Waals surface area contributed by atoms with Crippen LogP contribution in [0.25, 0.3) is 0 Å². The molecule has 0 saturated carbocycles. The Bertz CT molecular complexity index is 444. The van der Waals surface area contributed by atoms with E-state index < -0.39 is 4.92 Å². The zero-order valence-corrected chi connectivity index (χ0v) is 9.24. The van der Waals surface area contributed by atoms with Crippen molar-refractivity contribution in [3.63, 3.8) is 0 Å². The SMILES string of the molecule is N#CC1CCN(c2ccc([N+](=O)[O-])cn2)CC1. The van der Waals surface area contributed by atoms with Gasteiger partial charge in [-0.1, -0.05) is 0 Å². The maximum Gasteiger partial charge on any atom is 0.287 e. The van der Waals surface area contributed by atoms with Gasteiger partial charge in [-0.05, 0) is 18.9 Å². The Hall–Kier alpha value is -2.16. The fraction of sp³-hybridized carbons (Fsp3) is 0.455. The molecule has 0 atom stereocenters. The Morgan fingerprint density at radius 3 is 2.65 bits per heavy atom. The number of anilines is 1. The van der Waals surface area contributed by atoms with Crippen LogP contribution in [-0.2, 0) is 0 Å². The van der Waals surface area contributed by atoms with Gasteiger partial charge in [-0.25, -0.2) is 4.98 Å². The van der Waals surface area contributed by atoms with Crippen LogP contribution in [0.2, 0.25) is 0 Å². The number of aromatic nitrogens is 1. The van der Waals surface area contributed by atoms with Crippen molar-refractivity contribution in [3.05, 3.63) is 28.4 Å². The van der Waals surface area contributed by atoms with Gasteiger partial charge in [-0.15, -0.1) is 0 Å². The van der Waals surface area contributed by atoms with Crippen LogP contribution in [0.4, 0.5) is 11.5 Å². The summed E-state index contributed by atoms with van der Waals surface area (Å²) in [5.74, 6) is 0.872. The number of nitrogens with zero attached hydrogens (tertiary/aromatic N) is 4. The van der Waals surface area contributed by atoms with E-state index in [4.69, 9.17) is 5.26 Å². The number of piperidine rings is 1. The van der Waals surface area contributed by atoms with Gasteiger partial charge < -0.3 is 4.90 Å². The fourth-order valence-corrected chi connectivity index (χ4v) is 1.91. The van der Waals surface area contributed by atoms with Crippen LogP contribution in [0.5, 0.6) is 0 Å². The minimum atomic E-state index is -0.460. The summed E-state index contributed by atoms with van der Waals surface area (Å²) in [6.07, 6.45) is 2.93. The van der Waals surface area contributed by atoms with E-state index in [9.17, 15) is 10.1 Å². The molecule has 0 aromatic carbocycles. The first-order chi connectivity index (χ1) is 8.20. The largest absolute Gasteiger partial charge is 0.357 e.